The average molecular weight is 361 g/mol. The van der Waals surface area contributed by atoms with Crippen molar-refractivity contribution in [1.82, 2.24) is 14.5 Å². The predicted molar refractivity (Wildman–Crippen MR) is 103 cm³/mol. The highest BCUT2D eigenvalue weighted by molar-refractivity contribution is 5.98. The first-order chi connectivity index (χ1) is 12.5. The highest BCUT2D eigenvalue weighted by Gasteiger charge is 2.20. The molecule has 2 N–H and O–H groups in total. The van der Waals surface area contributed by atoms with Gasteiger partial charge < -0.3 is 20.3 Å². The molecule has 142 valence electrons. The number of aromatic nitrogens is 2. The van der Waals surface area contributed by atoms with Crippen molar-refractivity contribution in [1.29, 1.82) is 0 Å². The molecule has 2 aromatic rings. The molecule has 1 fully saturated rings. The maximum atomic E-state index is 12.3. The molecule has 0 spiro atoms. The second-order valence-corrected chi connectivity index (χ2v) is 6.68. The molecule has 0 unspecified atom stereocenters. The van der Waals surface area contributed by atoms with Crippen LogP contribution in [0.25, 0.3) is 11.0 Å². The zero-order valence-corrected chi connectivity index (χ0v) is 15.7. The van der Waals surface area contributed by atoms with E-state index in [1.54, 1.807) is 30.3 Å². The number of ether oxygens (including phenoxy) is 1. The van der Waals surface area contributed by atoms with Gasteiger partial charge in [-0.15, -0.1) is 0 Å². The van der Waals surface area contributed by atoms with Crippen molar-refractivity contribution < 1.29 is 9.53 Å². The molecule has 1 aromatic carbocycles. The van der Waals surface area contributed by atoms with Crippen LogP contribution in [0.15, 0.2) is 16.9 Å². The Morgan fingerprint density at radius 3 is 2.46 bits per heavy atom. The number of rotatable bonds is 6. The molecule has 1 aliphatic rings. The van der Waals surface area contributed by atoms with Crippen molar-refractivity contribution in [3.05, 3.63) is 22.6 Å². The lowest BCUT2D eigenvalue weighted by molar-refractivity contribution is 0.194. The molecule has 1 aliphatic heterocycles. The van der Waals surface area contributed by atoms with Crippen LogP contribution >= 0.6 is 0 Å². The number of benzene rings is 1. The molecule has 1 saturated heterocycles. The lowest BCUT2D eigenvalue weighted by Gasteiger charge is -2.22. The van der Waals surface area contributed by atoms with Crippen LogP contribution in [0.3, 0.4) is 0 Å². The van der Waals surface area contributed by atoms with Gasteiger partial charge in [-0.1, -0.05) is 0 Å². The van der Waals surface area contributed by atoms with E-state index >= 15 is 0 Å². The average Bonchev–Trinajstić information content (AvgIpc) is 3.23. The SMILES string of the molecule is COCCCNC(=O)Nc1cc2c(cc1N1CCCC1)n(C)c(=O)n2C. The summed E-state index contributed by atoms with van der Waals surface area (Å²) in [5.41, 5.74) is 3.28. The lowest BCUT2D eigenvalue weighted by Crippen LogP contribution is -2.31. The summed E-state index contributed by atoms with van der Waals surface area (Å²) in [5.74, 6) is 0. The summed E-state index contributed by atoms with van der Waals surface area (Å²) >= 11 is 0. The Bertz CT molecular complexity index is 849. The Morgan fingerprint density at radius 2 is 1.81 bits per heavy atom. The molecular weight excluding hydrogens is 334 g/mol. The lowest BCUT2D eigenvalue weighted by atomic mass is 10.2. The third kappa shape index (κ3) is 3.55. The van der Waals surface area contributed by atoms with Gasteiger partial charge in [0, 0.05) is 47.4 Å². The summed E-state index contributed by atoms with van der Waals surface area (Å²) in [5, 5.41) is 5.80. The fourth-order valence-corrected chi connectivity index (χ4v) is 3.44. The zero-order valence-electron chi connectivity index (χ0n) is 15.7. The van der Waals surface area contributed by atoms with E-state index < -0.39 is 0 Å². The summed E-state index contributed by atoms with van der Waals surface area (Å²) in [6, 6.07) is 3.64. The third-order valence-electron chi connectivity index (χ3n) is 4.90. The Balaban J connectivity index is 1.91. The Morgan fingerprint density at radius 1 is 1.15 bits per heavy atom. The molecule has 0 bridgehead atoms. The number of imidazole rings is 1. The van der Waals surface area contributed by atoms with Crippen LogP contribution in [0.1, 0.15) is 19.3 Å². The fraction of sp³-hybridized carbons (Fsp3) is 0.556. The van der Waals surface area contributed by atoms with Crippen molar-refractivity contribution >= 4 is 28.4 Å². The molecule has 0 saturated carbocycles. The van der Waals surface area contributed by atoms with E-state index in [9.17, 15) is 9.59 Å². The number of urea groups is 1. The summed E-state index contributed by atoms with van der Waals surface area (Å²) in [4.78, 5) is 26.8. The van der Waals surface area contributed by atoms with E-state index in [1.165, 1.54) is 0 Å². The predicted octanol–water partition coefficient (Wildman–Crippen LogP) is 1.64. The van der Waals surface area contributed by atoms with Gasteiger partial charge in [0.25, 0.3) is 0 Å². The van der Waals surface area contributed by atoms with Crippen molar-refractivity contribution in [3.8, 4) is 0 Å². The van der Waals surface area contributed by atoms with E-state index in [1.807, 2.05) is 12.1 Å². The Kier molecular flexibility index (Phi) is 5.51. The molecule has 3 rings (SSSR count). The first-order valence-corrected chi connectivity index (χ1v) is 9.01. The minimum atomic E-state index is -0.248. The van der Waals surface area contributed by atoms with Gasteiger partial charge >= 0.3 is 11.7 Å². The maximum absolute atomic E-state index is 12.3. The van der Waals surface area contributed by atoms with Gasteiger partial charge in [-0.25, -0.2) is 9.59 Å². The van der Waals surface area contributed by atoms with E-state index in [0.29, 0.717) is 13.2 Å². The van der Waals surface area contributed by atoms with Crippen LogP contribution in [0.5, 0.6) is 0 Å². The van der Waals surface area contributed by atoms with E-state index in [4.69, 9.17) is 4.74 Å². The first-order valence-electron chi connectivity index (χ1n) is 9.01. The van der Waals surface area contributed by atoms with E-state index in [-0.39, 0.29) is 11.7 Å². The monoisotopic (exact) mass is 361 g/mol. The Hall–Kier alpha value is -2.48. The van der Waals surface area contributed by atoms with Gasteiger partial charge in [-0.2, -0.15) is 0 Å². The number of aryl methyl sites for hydroxylation is 2. The number of nitrogens with zero attached hydrogens (tertiary/aromatic N) is 3. The molecule has 2 amide bonds. The van der Waals surface area contributed by atoms with Gasteiger partial charge in [0.15, 0.2) is 0 Å². The number of anilines is 2. The van der Waals surface area contributed by atoms with E-state index in [2.05, 4.69) is 15.5 Å². The number of fused-ring (bicyclic) bond motifs is 1. The molecule has 8 heteroatoms. The number of carbonyl (C=O) groups excluding carboxylic acids is 1. The van der Waals surface area contributed by atoms with Crippen molar-refractivity contribution in [3.63, 3.8) is 0 Å². The number of nitrogens with one attached hydrogen (secondary N) is 2. The van der Waals surface area contributed by atoms with Crippen LogP contribution < -0.4 is 21.2 Å². The third-order valence-corrected chi connectivity index (χ3v) is 4.90. The molecular formula is C18H27N5O3. The number of methoxy groups -OCH3 is 1. The minimum Gasteiger partial charge on any atom is -0.385 e. The summed E-state index contributed by atoms with van der Waals surface area (Å²) in [6.45, 7) is 3.06. The quantitative estimate of drug-likeness (QED) is 0.767. The van der Waals surface area contributed by atoms with Gasteiger partial charge in [0.1, 0.15) is 0 Å². The highest BCUT2D eigenvalue weighted by Crippen LogP contribution is 2.33. The van der Waals surface area contributed by atoms with Crippen molar-refractivity contribution in [2.45, 2.75) is 19.3 Å². The second kappa shape index (κ2) is 7.82. The largest absolute Gasteiger partial charge is 0.385 e. The Labute approximate surface area is 152 Å². The summed E-state index contributed by atoms with van der Waals surface area (Å²) in [7, 11) is 5.16. The van der Waals surface area contributed by atoms with E-state index in [0.717, 1.165) is 54.8 Å². The van der Waals surface area contributed by atoms with Gasteiger partial charge in [0.2, 0.25) is 0 Å². The van der Waals surface area contributed by atoms with Gasteiger partial charge in [-0.3, -0.25) is 9.13 Å². The van der Waals surface area contributed by atoms with Crippen LogP contribution in [0.2, 0.25) is 0 Å². The standard InChI is InChI=1S/C18H27N5O3/c1-21-15-11-13(20-17(24)19-7-6-10-26-3)14(23-8-4-5-9-23)12-16(15)22(2)18(21)25/h11-12H,4-10H2,1-3H3,(H2,19,20,24). The van der Waals surface area contributed by atoms with Gasteiger partial charge in [0.05, 0.1) is 22.4 Å². The van der Waals surface area contributed by atoms with Gasteiger partial charge in [-0.05, 0) is 31.4 Å². The number of amides is 2. The molecule has 8 nitrogen and oxygen atoms in total. The van der Waals surface area contributed by atoms with Crippen LogP contribution in [0.4, 0.5) is 16.2 Å². The van der Waals surface area contributed by atoms with Crippen molar-refractivity contribution in [2.24, 2.45) is 14.1 Å². The molecule has 2 heterocycles. The molecule has 0 atom stereocenters. The van der Waals surface area contributed by atoms with Crippen LogP contribution in [0, 0.1) is 0 Å². The molecule has 0 radical (unpaired) electrons. The smallest absolute Gasteiger partial charge is 0.328 e. The maximum Gasteiger partial charge on any atom is 0.328 e. The highest BCUT2D eigenvalue weighted by atomic mass is 16.5. The first kappa shape index (κ1) is 18.3. The fourth-order valence-electron chi connectivity index (χ4n) is 3.44. The van der Waals surface area contributed by atoms with Crippen molar-refractivity contribution in [2.75, 3.05) is 43.6 Å². The molecule has 1 aromatic heterocycles. The number of carbonyl (C=O) groups is 1. The molecule has 26 heavy (non-hydrogen) atoms. The zero-order chi connectivity index (χ0) is 18.7. The number of hydrogen-bond donors (Lipinski definition) is 2. The van der Waals surface area contributed by atoms with Crippen LogP contribution in [-0.4, -0.2) is 48.5 Å². The topological polar surface area (TPSA) is 80.5 Å². The second-order valence-electron chi connectivity index (χ2n) is 6.68. The summed E-state index contributed by atoms with van der Waals surface area (Å²) in [6.07, 6.45) is 3.03. The summed E-state index contributed by atoms with van der Waals surface area (Å²) < 4.78 is 8.23. The molecule has 0 aliphatic carbocycles. The van der Waals surface area contributed by atoms with Crippen LogP contribution in [-0.2, 0) is 18.8 Å². The number of hydrogen-bond acceptors (Lipinski definition) is 4. The normalized spacial score (nSPS) is 14.2. The minimum absolute atomic E-state index is 0.0754.